The molecule has 0 saturated heterocycles. The first-order valence-electron chi connectivity index (χ1n) is 15.0. The fourth-order valence-electron chi connectivity index (χ4n) is 6.95. The minimum Gasteiger partial charge on any atom is -0.454 e. The highest BCUT2D eigenvalue weighted by atomic mass is 16.3. The van der Waals surface area contributed by atoms with Crippen LogP contribution in [0.1, 0.15) is 0 Å². The molecule has 0 aliphatic heterocycles. The van der Waals surface area contributed by atoms with Crippen LogP contribution in [-0.4, -0.2) is 0 Å². The van der Waals surface area contributed by atoms with Crippen molar-refractivity contribution in [3.05, 3.63) is 164 Å². The molecule has 9 rings (SSSR count). The number of rotatable bonds is 4. The number of hydrogen-bond acceptors (Lipinski definition) is 2. The standard InChI is InChI=1S/C42H27NO/c1-2-16-29(17-3-1)43(38-26-13-25-37-33-21-10-11-27-39(33)44-42(37)38)41-36-23-9-7-20-32(36)31-19-6-8-22-35(31)40(41)34-24-12-15-28-14-4-5-18-30(28)34/h1-27H. The van der Waals surface area contributed by atoms with Gasteiger partial charge in [0.05, 0.1) is 11.4 Å². The zero-order chi connectivity index (χ0) is 29.0. The second-order valence-corrected chi connectivity index (χ2v) is 11.3. The van der Waals surface area contributed by atoms with Crippen LogP contribution in [0.15, 0.2) is 168 Å². The number of para-hydroxylation sites is 3. The lowest BCUT2D eigenvalue weighted by Crippen LogP contribution is -2.12. The summed E-state index contributed by atoms with van der Waals surface area (Å²) in [4.78, 5) is 2.41. The molecule has 0 unspecified atom stereocenters. The van der Waals surface area contributed by atoms with Gasteiger partial charge in [0, 0.05) is 27.4 Å². The van der Waals surface area contributed by atoms with Gasteiger partial charge in [-0.1, -0.05) is 140 Å². The molecule has 206 valence electrons. The first-order chi connectivity index (χ1) is 21.9. The number of furan rings is 1. The van der Waals surface area contributed by atoms with Gasteiger partial charge in [0.2, 0.25) is 0 Å². The van der Waals surface area contributed by atoms with Gasteiger partial charge in [-0.3, -0.25) is 0 Å². The van der Waals surface area contributed by atoms with Gasteiger partial charge in [0.25, 0.3) is 0 Å². The van der Waals surface area contributed by atoms with E-state index in [4.69, 9.17) is 4.42 Å². The summed E-state index contributed by atoms with van der Waals surface area (Å²) < 4.78 is 6.68. The van der Waals surface area contributed by atoms with Crippen molar-refractivity contribution in [3.8, 4) is 11.1 Å². The third kappa shape index (κ3) is 3.68. The second-order valence-electron chi connectivity index (χ2n) is 11.3. The number of nitrogens with zero attached hydrogens (tertiary/aromatic N) is 1. The van der Waals surface area contributed by atoms with Crippen molar-refractivity contribution in [1.29, 1.82) is 0 Å². The average molecular weight is 562 g/mol. The molecule has 0 aliphatic rings. The predicted molar refractivity (Wildman–Crippen MR) is 186 cm³/mol. The van der Waals surface area contributed by atoms with Crippen molar-refractivity contribution in [2.24, 2.45) is 0 Å². The number of fused-ring (bicyclic) bond motifs is 7. The Morgan fingerprint density at radius 3 is 1.77 bits per heavy atom. The van der Waals surface area contributed by atoms with E-state index in [9.17, 15) is 0 Å². The van der Waals surface area contributed by atoms with Crippen LogP contribution in [0, 0.1) is 0 Å². The smallest absolute Gasteiger partial charge is 0.159 e. The Hall–Kier alpha value is -5.86. The third-order valence-corrected chi connectivity index (χ3v) is 8.83. The maximum absolute atomic E-state index is 6.68. The van der Waals surface area contributed by atoms with Crippen LogP contribution in [0.25, 0.3) is 65.4 Å². The number of anilines is 3. The molecule has 0 saturated carbocycles. The van der Waals surface area contributed by atoms with E-state index in [0.29, 0.717) is 0 Å². The molecule has 0 bridgehead atoms. The summed E-state index contributed by atoms with van der Waals surface area (Å²) in [7, 11) is 0. The van der Waals surface area contributed by atoms with E-state index in [1.807, 2.05) is 6.07 Å². The maximum Gasteiger partial charge on any atom is 0.159 e. The lowest BCUT2D eigenvalue weighted by Gasteiger charge is -2.30. The molecule has 0 aliphatic carbocycles. The molecule has 9 aromatic rings. The van der Waals surface area contributed by atoms with E-state index in [0.717, 1.165) is 39.0 Å². The largest absolute Gasteiger partial charge is 0.454 e. The molecule has 0 atom stereocenters. The van der Waals surface area contributed by atoms with E-state index in [1.165, 1.54) is 43.4 Å². The minimum absolute atomic E-state index is 0.874. The molecule has 0 amide bonds. The molecule has 8 aromatic carbocycles. The summed E-state index contributed by atoms with van der Waals surface area (Å²) >= 11 is 0. The van der Waals surface area contributed by atoms with Gasteiger partial charge in [-0.15, -0.1) is 0 Å². The quantitative estimate of drug-likeness (QED) is 0.199. The zero-order valence-corrected chi connectivity index (χ0v) is 23.9. The molecule has 1 heterocycles. The Morgan fingerprint density at radius 2 is 0.955 bits per heavy atom. The summed E-state index contributed by atoms with van der Waals surface area (Å²) in [6.45, 7) is 0. The van der Waals surface area contributed by atoms with E-state index in [1.54, 1.807) is 0 Å². The molecule has 2 nitrogen and oxygen atoms in total. The van der Waals surface area contributed by atoms with Gasteiger partial charge < -0.3 is 9.32 Å². The van der Waals surface area contributed by atoms with Gasteiger partial charge in [0.15, 0.2) is 5.58 Å². The lowest BCUT2D eigenvalue weighted by atomic mass is 9.88. The molecule has 44 heavy (non-hydrogen) atoms. The van der Waals surface area contributed by atoms with E-state index in [2.05, 4.69) is 163 Å². The average Bonchev–Trinajstić information content (AvgIpc) is 3.48. The van der Waals surface area contributed by atoms with Crippen molar-refractivity contribution in [2.45, 2.75) is 0 Å². The molecule has 2 heteroatoms. The number of hydrogen-bond donors (Lipinski definition) is 0. The first kappa shape index (κ1) is 24.7. The summed E-state index contributed by atoms with van der Waals surface area (Å²) in [6, 6.07) is 58.5. The molecule has 0 fully saturated rings. The fourth-order valence-corrected chi connectivity index (χ4v) is 6.95. The fraction of sp³-hybridized carbons (Fsp3) is 0. The Bertz CT molecular complexity index is 2500. The highest BCUT2D eigenvalue weighted by molar-refractivity contribution is 6.25. The monoisotopic (exact) mass is 561 g/mol. The molecule has 1 aromatic heterocycles. The highest BCUT2D eigenvalue weighted by Gasteiger charge is 2.26. The summed E-state index contributed by atoms with van der Waals surface area (Å²) in [5.41, 5.74) is 7.38. The van der Waals surface area contributed by atoms with Crippen molar-refractivity contribution in [1.82, 2.24) is 0 Å². The third-order valence-electron chi connectivity index (χ3n) is 8.83. The molecule has 0 radical (unpaired) electrons. The van der Waals surface area contributed by atoms with Gasteiger partial charge in [-0.2, -0.15) is 0 Å². The van der Waals surface area contributed by atoms with E-state index < -0.39 is 0 Å². The Balaban J connectivity index is 1.51. The van der Waals surface area contributed by atoms with E-state index >= 15 is 0 Å². The predicted octanol–water partition coefficient (Wildman–Crippen LogP) is 12.2. The summed E-state index contributed by atoms with van der Waals surface area (Å²) in [5.74, 6) is 0. The Kier molecular flexibility index (Phi) is 5.54. The minimum atomic E-state index is 0.874. The van der Waals surface area contributed by atoms with Gasteiger partial charge >= 0.3 is 0 Å². The normalized spacial score (nSPS) is 11.6. The lowest BCUT2D eigenvalue weighted by molar-refractivity contribution is 0.669. The van der Waals surface area contributed by atoms with Crippen LogP contribution in [0.2, 0.25) is 0 Å². The summed E-state index contributed by atoms with van der Waals surface area (Å²) in [5, 5.41) is 9.54. The molecule has 0 spiro atoms. The van der Waals surface area contributed by atoms with Crippen molar-refractivity contribution < 1.29 is 4.42 Å². The van der Waals surface area contributed by atoms with Crippen LogP contribution < -0.4 is 4.90 Å². The molecule has 0 N–H and O–H groups in total. The van der Waals surface area contributed by atoms with E-state index in [-0.39, 0.29) is 0 Å². The van der Waals surface area contributed by atoms with Crippen LogP contribution >= 0.6 is 0 Å². The number of benzene rings is 8. The second kappa shape index (κ2) is 9.86. The van der Waals surface area contributed by atoms with Crippen molar-refractivity contribution in [2.75, 3.05) is 4.90 Å². The van der Waals surface area contributed by atoms with Crippen LogP contribution in [0.5, 0.6) is 0 Å². The summed E-state index contributed by atoms with van der Waals surface area (Å²) in [6.07, 6.45) is 0. The maximum atomic E-state index is 6.68. The van der Waals surface area contributed by atoms with Gasteiger partial charge in [-0.05, 0) is 56.8 Å². The van der Waals surface area contributed by atoms with Gasteiger partial charge in [0.1, 0.15) is 5.58 Å². The van der Waals surface area contributed by atoms with Crippen LogP contribution in [0.3, 0.4) is 0 Å². The van der Waals surface area contributed by atoms with Crippen molar-refractivity contribution in [3.63, 3.8) is 0 Å². The molecular formula is C42H27NO. The van der Waals surface area contributed by atoms with Gasteiger partial charge in [-0.25, -0.2) is 0 Å². The molecular weight excluding hydrogens is 534 g/mol. The Labute approximate surface area is 255 Å². The Morgan fingerprint density at radius 1 is 0.386 bits per heavy atom. The highest BCUT2D eigenvalue weighted by Crippen LogP contribution is 2.52. The zero-order valence-electron chi connectivity index (χ0n) is 23.9. The SMILES string of the molecule is c1ccc(N(c2c(-c3cccc4ccccc34)c3ccccc3c3ccccc23)c2cccc3c2oc2ccccc23)cc1. The topological polar surface area (TPSA) is 16.4 Å². The first-order valence-corrected chi connectivity index (χ1v) is 15.0. The van der Waals surface area contributed by atoms with Crippen molar-refractivity contribution >= 4 is 71.3 Å². The van der Waals surface area contributed by atoms with Crippen LogP contribution in [0.4, 0.5) is 17.1 Å². The van der Waals surface area contributed by atoms with Crippen LogP contribution in [-0.2, 0) is 0 Å².